The molecule has 2 rings (SSSR count). The molecule has 0 saturated heterocycles. The Bertz CT molecular complexity index is 621. The molecule has 1 heterocycles. The topological polar surface area (TPSA) is 46.9 Å². The third-order valence-electron chi connectivity index (χ3n) is 3.37. The van der Waals surface area contributed by atoms with Crippen LogP contribution in [0.5, 0.6) is 0 Å². The lowest BCUT2D eigenvalue weighted by molar-refractivity contribution is -0.121. The highest BCUT2D eigenvalue weighted by Gasteiger charge is 2.14. The van der Waals surface area contributed by atoms with Crippen molar-refractivity contribution in [3.05, 3.63) is 53.1 Å². The molecule has 1 atom stereocenters. The van der Waals surface area contributed by atoms with Crippen LogP contribution in [0.4, 0.5) is 4.39 Å². The Balaban J connectivity index is 1.99. The van der Waals surface area contributed by atoms with Crippen molar-refractivity contribution in [1.82, 2.24) is 15.1 Å². The second-order valence-electron chi connectivity index (χ2n) is 4.90. The van der Waals surface area contributed by atoms with Crippen molar-refractivity contribution in [2.75, 3.05) is 0 Å². The van der Waals surface area contributed by atoms with Gasteiger partial charge in [-0.25, -0.2) is 4.39 Å². The number of nitrogens with one attached hydrogen (secondary N) is 1. The first kappa shape index (κ1) is 14.2. The molecule has 0 spiro atoms. The number of benzene rings is 1. The number of aromatic nitrogens is 2. The van der Waals surface area contributed by atoms with Crippen molar-refractivity contribution in [2.45, 2.75) is 26.3 Å². The molecule has 1 unspecified atom stereocenters. The lowest BCUT2D eigenvalue weighted by Gasteiger charge is -2.13. The highest BCUT2D eigenvalue weighted by atomic mass is 19.1. The standard InChI is InChI=1S/C15H18FN3O/c1-10(14-9-17-19(3)11(14)2)18-15(20)8-12-5-4-6-13(16)7-12/h4-7,9-10H,8H2,1-3H3,(H,18,20). The van der Waals surface area contributed by atoms with Crippen LogP contribution < -0.4 is 5.32 Å². The Labute approximate surface area is 117 Å². The van der Waals surface area contributed by atoms with Gasteiger partial charge in [-0.15, -0.1) is 0 Å². The van der Waals surface area contributed by atoms with Gasteiger partial charge in [0.15, 0.2) is 0 Å². The van der Waals surface area contributed by atoms with Crippen LogP contribution in [0.15, 0.2) is 30.5 Å². The summed E-state index contributed by atoms with van der Waals surface area (Å²) in [6.45, 7) is 3.87. The Morgan fingerprint density at radius 2 is 2.25 bits per heavy atom. The Hall–Kier alpha value is -2.17. The minimum absolute atomic E-state index is 0.121. The first-order valence-electron chi connectivity index (χ1n) is 6.49. The first-order valence-corrected chi connectivity index (χ1v) is 6.49. The maximum Gasteiger partial charge on any atom is 0.224 e. The van der Waals surface area contributed by atoms with Crippen molar-refractivity contribution in [3.63, 3.8) is 0 Å². The number of amides is 1. The number of nitrogens with zero attached hydrogens (tertiary/aromatic N) is 2. The molecule has 0 radical (unpaired) electrons. The highest BCUT2D eigenvalue weighted by Crippen LogP contribution is 2.16. The Morgan fingerprint density at radius 3 is 2.85 bits per heavy atom. The van der Waals surface area contributed by atoms with E-state index in [4.69, 9.17) is 0 Å². The van der Waals surface area contributed by atoms with Gasteiger partial charge in [-0.1, -0.05) is 12.1 Å². The fourth-order valence-electron chi connectivity index (χ4n) is 2.14. The van der Waals surface area contributed by atoms with Gasteiger partial charge in [0.25, 0.3) is 0 Å². The van der Waals surface area contributed by atoms with Gasteiger partial charge in [-0.2, -0.15) is 5.10 Å². The number of carbonyl (C=O) groups is 1. The van der Waals surface area contributed by atoms with Gasteiger partial charge in [0, 0.05) is 18.3 Å². The molecule has 0 fully saturated rings. The zero-order valence-corrected chi connectivity index (χ0v) is 11.9. The predicted octanol–water partition coefficient (Wildman–Crippen LogP) is 2.29. The van der Waals surface area contributed by atoms with Crippen LogP contribution >= 0.6 is 0 Å². The van der Waals surface area contributed by atoms with Crippen LogP contribution in [-0.4, -0.2) is 15.7 Å². The van der Waals surface area contributed by atoms with Gasteiger partial charge in [-0.05, 0) is 31.5 Å². The van der Waals surface area contributed by atoms with E-state index in [9.17, 15) is 9.18 Å². The van der Waals surface area contributed by atoms with E-state index >= 15 is 0 Å². The quantitative estimate of drug-likeness (QED) is 0.930. The number of hydrogen-bond donors (Lipinski definition) is 1. The molecule has 106 valence electrons. The molecular weight excluding hydrogens is 257 g/mol. The van der Waals surface area contributed by atoms with E-state index in [0.29, 0.717) is 5.56 Å². The van der Waals surface area contributed by atoms with Gasteiger partial charge in [0.1, 0.15) is 5.82 Å². The van der Waals surface area contributed by atoms with Gasteiger partial charge >= 0.3 is 0 Å². The molecule has 0 saturated carbocycles. The summed E-state index contributed by atoms with van der Waals surface area (Å²) >= 11 is 0. The smallest absolute Gasteiger partial charge is 0.224 e. The number of halogens is 1. The van der Waals surface area contributed by atoms with Crippen LogP contribution in [0, 0.1) is 12.7 Å². The molecule has 4 nitrogen and oxygen atoms in total. The number of hydrogen-bond acceptors (Lipinski definition) is 2. The molecule has 20 heavy (non-hydrogen) atoms. The molecule has 0 aliphatic carbocycles. The minimum Gasteiger partial charge on any atom is -0.349 e. The summed E-state index contributed by atoms with van der Waals surface area (Å²) in [4.78, 5) is 12.0. The number of rotatable bonds is 4. The van der Waals surface area contributed by atoms with E-state index in [2.05, 4.69) is 10.4 Å². The first-order chi connectivity index (χ1) is 9.47. The third-order valence-corrected chi connectivity index (χ3v) is 3.37. The zero-order valence-electron chi connectivity index (χ0n) is 11.9. The lowest BCUT2D eigenvalue weighted by Crippen LogP contribution is -2.28. The second-order valence-corrected chi connectivity index (χ2v) is 4.90. The molecule has 0 aliphatic rings. The van der Waals surface area contributed by atoms with E-state index in [1.807, 2.05) is 20.9 Å². The molecule has 1 aromatic carbocycles. The molecule has 2 aromatic rings. The Kier molecular flexibility index (Phi) is 4.17. The molecule has 0 aliphatic heterocycles. The van der Waals surface area contributed by atoms with Crippen molar-refractivity contribution in [3.8, 4) is 0 Å². The molecule has 5 heteroatoms. The Morgan fingerprint density at radius 1 is 1.50 bits per heavy atom. The van der Waals surface area contributed by atoms with Gasteiger partial charge in [-0.3, -0.25) is 9.48 Å². The number of aryl methyl sites for hydroxylation is 1. The van der Waals surface area contributed by atoms with E-state index in [0.717, 1.165) is 11.3 Å². The molecule has 1 aromatic heterocycles. The monoisotopic (exact) mass is 275 g/mol. The molecule has 1 amide bonds. The van der Waals surface area contributed by atoms with Gasteiger partial charge in [0.05, 0.1) is 18.7 Å². The normalized spacial score (nSPS) is 12.2. The maximum atomic E-state index is 13.1. The van der Waals surface area contributed by atoms with Crippen molar-refractivity contribution in [1.29, 1.82) is 0 Å². The van der Waals surface area contributed by atoms with Crippen LogP contribution in [0.25, 0.3) is 0 Å². The summed E-state index contributed by atoms with van der Waals surface area (Å²) in [6, 6.07) is 5.96. The summed E-state index contributed by atoms with van der Waals surface area (Å²) < 4.78 is 14.8. The number of carbonyl (C=O) groups excluding carboxylic acids is 1. The van der Waals surface area contributed by atoms with Crippen molar-refractivity contribution >= 4 is 5.91 Å². The second kappa shape index (κ2) is 5.86. The molecule has 1 N–H and O–H groups in total. The molecule has 0 bridgehead atoms. The van der Waals surface area contributed by atoms with E-state index in [1.54, 1.807) is 23.0 Å². The van der Waals surface area contributed by atoms with Gasteiger partial charge in [0.2, 0.25) is 5.91 Å². The minimum atomic E-state index is -0.327. The van der Waals surface area contributed by atoms with Gasteiger partial charge < -0.3 is 5.32 Å². The summed E-state index contributed by atoms with van der Waals surface area (Å²) in [6.07, 6.45) is 1.92. The summed E-state index contributed by atoms with van der Waals surface area (Å²) in [5, 5.41) is 7.06. The average Bonchev–Trinajstić information content (AvgIpc) is 2.69. The van der Waals surface area contributed by atoms with Crippen molar-refractivity contribution < 1.29 is 9.18 Å². The largest absolute Gasteiger partial charge is 0.349 e. The lowest BCUT2D eigenvalue weighted by atomic mass is 10.1. The maximum absolute atomic E-state index is 13.1. The molecular formula is C15H18FN3O. The van der Waals surface area contributed by atoms with Crippen LogP contribution in [0.1, 0.15) is 29.8 Å². The fourth-order valence-corrected chi connectivity index (χ4v) is 2.14. The highest BCUT2D eigenvalue weighted by molar-refractivity contribution is 5.79. The van der Waals surface area contributed by atoms with E-state index < -0.39 is 0 Å². The summed E-state index contributed by atoms with van der Waals surface area (Å²) in [7, 11) is 1.86. The van der Waals surface area contributed by atoms with Crippen LogP contribution in [0.2, 0.25) is 0 Å². The SMILES string of the molecule is Cc1c(C(C)NC(=O)Cc2cccc(F)c2)cnn1C. The van der Waals surface area contributed by atoms with E-state index in [1.165, 1.54) is 12.1 Å². The average molecular weight is 275 g/mol. The van der Waals surface area contributed by atoms with Crippen molar-refractivity contribution in [2.24, 2.45) is 7.05 Å². The summed E-state index contributed by atoms with van der Waals surface area (Å²) in [5.41, 5.74) is 2.67. The van der Waals surface area contributed by atoms with Crippen LogP contribution in [0.3, 0.4) is 0 Å². The summed E-state index contributed by atoms with van der Waals surface area (Å²) in [5.74, 6) is -0.460. The fraction of sp³-hybridized carbons (Fsp3) is 0.333. The predicted molar refractivity (Wildman–Crippen MR) is 74.6 cm³/mol. The third kappa shape index (κ3) is 3.23. The zero-order chi connectivity index (χ0) is 14.7. The van der Waals surface area contributed by atoms with E-state index in [-0.39, 0.29) is 24.2 Å². The van der Waals surface area contributed by atoms with Crippen LogP contribution in [-0.2, 0) is 18.3 Å².